The Labute approximate surface area is 106 Å². The van der Waals surface area contributed by atoms with Gasteiger partial charge in [0.05, 0.1) is 5.69 Å². The summed E-state index contributed by atoms with van der Waals surface area (Å²) in [6.07, 6.45) is 0.609. The van der Waals surface area contributed by atoms with Gasteiger partial charge in [-0.2, -0.15) is 0 Å². The molecule has 1 aromatic rings. The van der Waals surface area contributed by atoms with E-state index in [0.717, 1.165) is 0 Å². The fourth-order valence-electron chi connectivity index (χ4n) is 1.42. The van der Waals surface area contributed by atoms with E-state index in [1.165, 1.54) is 12.1 Å². The molecule has 0 aliphatic carbocycles. The quantitative estimate of drug-likeness (QED) is 0.717. The second kappa shape index (κ2) is 7.62. The Bertz CT molecular complexity index is 387. The van der Waals surface area contributed by atoms with Gasteiger partial charge in [-0.3, -0.25) is 0 Å². The Morgan fingerprint density at radius 2 is 2.22 bits per heavy atom. The SMILES string of the molecule is COCCC(CN)NC(=O)Nc1ccccc1F. The number of nitrogens with one attached hydrogen (secondary N) is 2. The van der Waals surface area contributed by atoms with Crippen LogP contribution < -0.4 is 16.4 Å². The highest BCUT2D eigenvalue weighted by atomic mass is 19.1. The van der Waals surface area contributed by atoms with Gasteiger partial charge in [0.2, 0.25) is 0 Å². The number of rotatable bonds is 6. The van der Waals surface area contributed by atoms with Crippen molar-refractivity contribution in [1.29, 1.82) is 0 Å². The van der Waals surface area contributed by atoms with Crippen LogP contribution >= 0.6 is 0 Å². The van der Waals surface area contributed by atoms with Crippen molar-refractivity contribution in [2.45, 2.75) is 12.5 Å². The van der Waals surface area contributed by atoms with Gasteiger partial charge in [0.15, 0.2) is 0 Å². The fourth-order valence-corrected chi connectivity index (χ4v) is 1.42. The zero-order valence-electron chi connectivity index (χ0n) is 10.3. The number of halogens is 1. The summed E-state index contributed by atoms with van der Waals surface area (Å²) in [5, 5.41) is 5.09. The van der Waals surface area contributed by atoms with E-state index in [1.807, 2.05) is 0 Å². The molecule has 4 N–H and O–H groups in total. The third-order valence-corrected chi connectivity index (χ3v) is 2.41. The molecule has 0 aliphatic heterocycles. The summed E-state index contributed by atoms with van der Waals surface area (Å²) in [4.78, 5) is 11.6. The van der Waals surface area contributed by atoms with Crippen LogP contribution in [-0.4, -0.2) is 32.3 Å². The summed E-state index contributed by atoms with van der Waals surface area (Å²) >= 11 is 0. The predicted molar refractivity (Wildman–Crippen MR) is 67.9 cm³/mol. The van der Waals surface area contributed by atoms with Crippen LogP contribution in [-0.2, 0) is 4.74 Å². The highest BCUT2D eigenvalue weighted by molar-refractivity contribution is 5.89. The zero-order chi connectivity index (χ0) is 13.4. The molecule has 0 aliphatic rings. The van der Waals surface area contributed by atoms with Gasteiger partial charge in [-0.25, -0.2) is 9.18 Å². The van der Waals surface area contributed by atoms with E-state index in [2.05, 4.69) is 10.6 Å². The number of hydrogen-bond donors (Lipinski definition) is 3. The molecule has 0 heterocycles. The lowest BCUT2D eigenvalue weighted by molar-refractivity contribution is 0.183. The van der Waals surface area contributed by atoms with Gasteiger partial charge in [-0.1, -0.05) is 12.1 Å². The summed E-state index contributed by atoms with van der Waals surface area (Å²) in [7, 11) is 1.58. The van der Waals surface area contributed by atoms with Crippen molar-refractivity contribution < 1.29 is 13.9 Å². The number of methoxy groups -OCH3 is 1. The molecule has 1 atom stereocenters. The van der Waals surface area contributed by atoms with E-state index in [0.29, 0.717) is 19.6 Å². The lowest BCUT2D eigenvalue weighted by atomic mass is 10.2. The summed E-state index contributed by atoms with van der Waals surface area (Å²) in [6.45, 7) is 0.801. The monoisotopic (exact) mass is 255 g/mol. The van der Waals surface area contributed by atoms with E-state index < -0.39 is 11.8 Å². The maximum absolute atomic E-state index is 13.3. The van der Waals surface area contributed by atoms with E-state index >= 15 is 0 Å². The van der Waals surface area contributed by atoms with Crippen LogP contribution in [0.4, 0.5) is 14.9 Å². The maximum Gasteiger partial charge on any atom is 0.319 e. The van der Waals surface area contributed by atoms with Crippen molar-refractivity contribution in [3.63, 3.8) is 0 Å². The van der Waals surface area contributed by atoms with Crippen LogP contribution in [0.5, 0.6) is 0 Å². The highest BCUT2D eigenvalue weighted by Gasteiger charge is 2.11. The number of benzene rings is 1. The van der Waals surface area contributed by atoms with E-state index in [9.17, 15) is 9.18 Å². The zero-order valence-corrected chi connectivity index (χ0v) is 10.3. The summed E-state index contributed by atoms with van der Waals surface area (Å²) in [5.74, 6) is -0.478. The smallest absolute Gasteiger partial charge is 0.319 e. The Kier molecular flexibility index (Phi) is 6.10. The predicted octanol–water partition coefficient (Wildman–Crippen LogP) is 1.31. The van der Waals surface area contributed by atoms with Gasteiger partial charge >= 0.3 is 6.03 Å². The minimum atomic E-state index is -0.480. The van der Waals surface area contributed by atoms with Crippen LogP contribution in [0.1, 0.15) is 6.42 Å². The molecule has 0 saturated carbocycles. The molecule has 0 spiro atoms. The molecule has 0 fully saturated rings. The average Bonchev–Trinajstić information content (AvgIpc) is 2.37. The molecule has 1 unspecified atom stereocenters. The second-order valence-corrected chi connectivity index (χ2v) is 3.79. The molecular weight excluding hydrogens is 237 g/mol. The van der Waals surface area contributed by atoms with E-state index in [4.69, 9.17) is 10.5 Å². The van der Waals surface area contributed by atoms with Gasteiger partial charge in [0.25, 0.3) is 0 Å². The number of carbonyl (C=O) groups excluding carboxylic acids is 1. The topological polar surface area (TPSA) is 76.4 Å². The first-order valence-corrected chi connectivity index (χ1v) is 5.68. The van der Waals surface area contributed by atoms with Crippen LogP contribution in [0, 0.1) is 5.82 Å². The van der Waals surface area contributed by atoms with Crippen molar-refractivity contribution in [2.24, 2.45) is 5.73 Å². The van der Waals surface area contributed by atoms with Crippen molar-refractivity contribution in [3.05, 3.63) is 30.1 Å². The van der Waals surface area contributed by atoms with Crippen LogP contribution in [0.15, 0.2) is 24.3 Å². The van der Waals surface area contributed by atoms with Gasteiger partial charge in [-0.05, 0) is 18.6 Å². The van der Waals surface area contributed by atoms with Crippen LogP contribution in [0.25, 0.3) is 0 Å². The van der Waals surface area contributed by atoms with Gasteiger partial charge < -0.3 is 21.1 Å². The van der Waals surface area contributed by atoms with Crippen molar-refractivity contribution in [1.82, 2.24) is 5.32 Å². The summed E-state index contributed by atoms with van der Waals surface area (Å²) in [6, 6.07) is 5.29. The average molecular weight is 255 g/mol. The lowest BCUT2D eigenvalue weighted by Crippen LogP contribution is -2.43. The number of ether oxygens (including phenoxy) is 1. The Morgan fingerprint density at radius 3 is 2.83 bits per heavy atom. The summed E-state index contributed by atoms with van der Waals surface area (Å²) in [5.41, 5.74) is 5.65. The Morgan fingerprint density at radius 1 is 1.50 bits per heavy atom. The second-order valence-electron chi connectivity index (χ2n) is 3.79. The van der Waals surface area contributed by atoms with Gasteiger partial charge in [0, 0.05) is 26.3 Å². The molecule has 0 radical (unpaired) electrons. The largest absolute Gasteiger partial charge is 0.385 e. The first kappa shape index (κ1) is 14.4. The van der Waals surface area contributed by atoms with Crippen LogP contribution in [0.3, 0.4) is 0 Å². The number of urea groups is 1. The molecule has 18 heavy (non-hydrogen) atoms. The third kappa shape index (κ3) is 4.68. The minimum Gasteiger partial charge on any atom is -0.385 e. The molecule has 0 bridgehead atoms. The number of hydrogen-bond acceptors (Lipinski definition) is 3. The van der Waals surface area contributed by atoms with Crippen LogP contribution in [0.2, 0.25) is 0 Å². The standard InChI is InChI=1S/C12H18FN3O2/c1-18-7-6-9(8-14)15-12(17)16-11-5-3-2-4-10(11)13/h2-5,9H,6-8,14H2,1H3,(H2,15,16,17). The first-order chi connectivity index (χ1) is 8.67. The minimum absolute atomic E-state index is 0.137. The molecule has 0 saturated heterocycles. The normalized spacial score (nSPS) is 11.9. The highest BCUT2D eigenvalue weighted by Crippen LogP contribution is 2.11. The number of anilines is 1. The molecule has 0 aromatic heterocycles. The maximum atomic E-state index is 13.3. The molecular formula is C12H18FN3O2. The van der Waals surface area contributed by atoms with Crippen molar-refractivity contribution >= 4 is 11.7 Å². The van der Waals surface area contributed by atoms with Crippen molar-refractivity contribution in [3.8, 4) is 0 Å². The van der Waals surface area contributed by atoms with Gasteiger partial charge in [-0.15, -0.1) is 0 Å². The molecule has 6 heteroatoms. The Balaban J connectivity index is 2.48. The molecule has 100 valence electrons. The Hall–Kier alpha value is -1.66. The lowest BCUT2D eigenvalue weighted by Gasteiger charge is -2.17. The number of para-hydroxylation sites is 1. The summed E-state index contributed by atoms with van der Waals surface area (Å²) < 4.78 is 18.2. The molecule has 1 rings (SSSR count). The first-order valence-electron chi connectivity index (χ1n) is 5.68. The number of carbonyl (C=O) groups is 1. The number of nitrogens with two attached hydrogens (primary N) is 1. The fraction of sp³-hybridized carbons (Fsp3) is 0.417. The number of amides is 2. The van der Waals surface area contributed by atoms with Crippen molar-refractivity contribution in [2.75, 3.05) is 25.6 Å². The van der Waals surface area contributed by atoms with E-state index in [1.54, 1.807) is 19.2 Å². The van der Waals surface area contributed by atoms with Gasteiger partial charge in [0.1, 0.15) is 5.82 Å². The molecule has 5 nitrogen and oxygen atoms in total. The molecule has 1 aromatic carbocycles. The molecule has 2 amide bonds. The van der Waals surface area contributed by atoms with E-state index in [-0.39, 0.29) is 11.7 Å². The third-order valence-electron chi connectivity index (χ3n) is 2.41.